The summed E-state index contributed by atoms with van der Waals surface area (Å²) in [4.78, 5) is 25.4. The third-order valence-electron chi connectivity index (χ3n) is 2.68. The fourth-order valence-corrected chi connectivity index (χ4v) is 2.10. The van der Waals surface area contributed by atoms with Crippen molar-refractivity contribution in [3.63, 3.8) is 0 Å². The van der Waals surface area contributed by atoms with Crippen LogP contribution in [0.15, 0.2) is 0 Å². The second-order valence-corrected chi connectivity index (χ2v) is 6.33. The Hall–Kier alpha value is -0.780. The minimum atomic E-state index is -0.551. The normalized spacial score (nSPS) is 19.4. The largest absolute Gasteiger partial charge is 0.464 e. The van der Waals surface area contributed by atoms with E-state index in [-0.39, 0.29) is 5.97 Å². The van der Waals surface area contributed by atoms with Gasteiger partial charge in [0.15, 0.2) is 0 Å². The zero-order valence-corrected chi connectivity index (χ0v) is 13.4. The molecule has 0 unspecified atom stereocenters. The molecule has 0 spiro atoms. The van der Waals surface area contributed by atoms with Crippen molar-refractivity contribution in [1.29, 1.82) is 0 Å². The molecule has 0 saturated carbocycles. The van der Waals surface area contributed by atoms with Crippen LogP contribution in [-0.2, 0) is 14.3 Å². The highest BCUT2D eigenvalue weighted by molar-refractivity contribution is 9.09. The van der Waals surface area contributed by atoms with Gasteiger partial charge in [-0.3, -0.25) is 4.90 Å². The van der Waals surface area contributed by atoms with Crippen LogP contribution in [0.3, 0.4) is 0 Å². The average molecular weight is 336 g/mol. The maximum absolute atomic E-state index is 12.0. The van der Waals surface area contributed by atoms with Gasteiger partial charge in [-0.2, -0.15) is 0 Å². The lowest BCUT2D eigenvalue weighted by Gasteiger charge is -2.27. The summed E-state index contributed by atoms with van der Waals surface area (Å²) in [6.45, 7) is 6.36. The maximum atomic E-state index is 12.0. The van der Waals surface area contributed by atoms with Gasteiger partial charge in [-0.15, -0.1) is 0 Å². The Bertz CT molecular complexity index is 327. The number of esters is 1. The Kier molecular flexibility index (Phi) is 6.10. The summed E-state index contributed by atoms with van der Waals surface area (Å²) >= 11 is 3.28. The van der Waals surface area contributed by atoms with E-state index in [1.165, 1.54) is 4.90 Å². The Labute approximate surface area is 122 Å². The van der Waals surface area contributed by atoms with Gasteiger partial charge in [0.25, 0.3) is 0 Å². The van der Waals surface area contributed by atoms with E-state index in [9.17, 15) is 9.59 Å². The molecule has 1 amide bonds. The Morgan fingerprint density at radius 1 is 1.37 bits per heavy atom. The van der Waals surface area contributed by atoms with E-state index >= 15 is 0 Å². The first-order chi connectivity index (χ1) is 8.85. The number of hydrogen-bond donors (Lipinski definition) is 0. The average Bonchev–Trinajstić information content (AvgIpc) is 2.75. The summed E-state index contributed by atoms with van der Waals surface area (Å²) in [5, 5.41) is 0.792. The molecule has 0 aromatic rings. The summed E-state index contributed by atoms with van der Waals surface area (Å²) in [5.41, 5.74) is -0.551. The number of amides is 1. The number of rotatable bonds is 4. The molecule has 0 aromatic heterocycles. The summed E-state index contributed by atoms with van der Waals surface area (Å²) in [7, 11) is 0. The number of alkyl halides is 1. The quantitative estimate of drug-likeness (QED) is 0.450. The molecule has 0 radical (unpaired) electrons. The molecule has 0 aliphatic carbocycles. The highest BCUT2D eigenvalue weighted by Crippen LogP contribution is 2.21. The van der Waals surface area contributed by atoms with Crippen molar-refractivity contribution in [1.82, 2.24) is 4.90 Å². The fourth-order valence-electron chi connectivity index (χ4n) is 1.87. The van der Waals surface area contributed by atoms with Gasteiger partial charge >= 0.3 is 12.1 Å². The van der Waals surface area contributed by atoms with Gasteiger partial charge in [0.2, 0.25) is 0 Å². The monoisotopic (exact) mass is 335 g/mol. The van der Waals surface area contributed by atoms with Crippen molar-refractivity contribution >= 4 is 28.0 Å². The standard InChI is InChI=1S/C13H22BrNO4/c1-13(2,3)19-12(17)15-8-4-6-10(15)11(16)18-9-5-7-14/h10H,4-9H2,1-3H3/t10-/m0/s1. The van der Waals surface area contributed by atoms with Crippen LogP contribution in [0.2, 0.25) is 0 Å². The van der Waals surface area contributed by atoms with E-state index in [2.05, 4.69) is 15.9 Å². The molecule has 5 nitrogen and oxygen atoms in total. The van der Waals surface area contributed by atoms with E-state index in [0.29, 0.717) is 19.6 Å². The van der Waals surface area contributed by atoms with Crippen molar-refractivity contribution in [2.24, 2.45) is 0 Å². The predicted molar refractivity (Wildman–Crippen MR) is 75.3 cm³/mol. The third-order valence-corrected chi connectivity index (χ3v) is 3.24. The second kappa shape index (κ2) is 7.12. The van der Waals surface area contributed by atoms with Gasteiger partial charge in [0, 0.05) is 11.9 Å². The summed E-state index contributed by atoms with van der Waals surface area (Å²) in [5.74, 6) is -0.329. The van der Waals surface area contributed by atoms with Crippen LogP contribution in [-0.4, -0.2) is 47.1 Å². The maximum Gasteiger partial charge on any atom is 0.411 e. The molecule has 1 heterocycles. The van der Waals surface area contributed by atoms with Gasteiger partial charge in [0.1, 0.15) is 11.6 Å². The molecule has 0 N–H and O–H groups in total. The SMILES string of the molecule is CC(C)(C)OC(=O)N1CCC[C@H]1C(=O)OCCCBr. The number of carbonyl (C=O) groups is 2. The number of likely N-dealkylation sites (tertiary alicyclic amines) is 1. The third kappa shape index (κ3) is 5.38. The number of halogens is 1. The fraction of sp³-hybridized carbons (Fsp3) is 0.846. The minimum absolute atomic E-state index is 0.329. The molecule has 19 heavy (non-hydrogen) atoms. The van der Waals surface area contributed by atoms with Gasteiger partial charge in [-0.1, -0.05) is 15.9 Å². The summed E-state index contributed by atoms with van der Waals surface area (Å²) < 4.78 is 10.5. The van der Waals surface area contributed by atoms with Crippen LogP contribution < -0.4 is 0 Å². The molecule has 1 aliphatic rings. The van der Waals surface area contributed by atoms with Crippen molar-refractivity contribution in [2.45, 2.75) is 51.7 Å². The predicted octanol–water partition coefficient (Wildman–Crippen LogP) is 2.71. The first kappa shape index (κ1) is 16.3. The Morgan fingerprint density at radius 3 is 2.63 bits per heavy atom. The van der Waals surface area contributed by atoms with Gasteiger partial charge in [0.05, 0.1) is 6.61 Å². The van der Waals surface area contributed by atoms with Crippen molar-refractivity contribution in [3.8, 4) is 0 Å². The number of nitrogens with zero attached hydrogens (tertiary/aromatic N) is 1. The smallest absolute Gasteiger partial charge is 0.411 e. The zero-order valence-electron chi connectivity index (χ0n) is 11.8. The molecule has 110 valence electrons. The number of hydrogen-bond acceptors (Lipinski definition) is 4. The Balaban J connectivity index is 2.53. The zero-order chi connectivity index (χ0) is 14.5. The lowest BCUT2D eigenvalue weighted by molar-refractivity contribution is -0.148. The lowest BCUT2D eigenvalue weighted by atomic mass is 10.2. The van der Waals surface area contributed by atoms with Gasteiger partial charge < -0.3 is 9.47 Å². The molecular weight excluding hydrogens is 314 g/mol. The second-order valence-electron chi connectivity index (χ2n) is 5.54. The van der Waals surface area contributed by atoms with Crippen molar-refractivity contribution in [2.75, 3.05) is 18.5 Å². The molecule has 1 aliphatic heterocycles. The Morgan fingerprint density at radius 2 is 2.05 bits per heavy atom. The van der Waals surface area contributed by atoms with Crippen molar-refractivity contribution < 1.29 is 19.1 Å². The highest BCUT2D eigenvalue weighted by Gasteiger charge is 2.37. The van der Waals surface area contributed by atoms with E-state index < -0.39 is 17.7 Å². The topological polar surface area (TPSA) is 55.8 Å². The van der Waals surface area contributed by atoms with E-state index in [1.807, 2.05) is 20.8 Å². The summed E-state index contributed by atoms with van der Waals surface area (Å²) in [6.07, 6.45) is 1.78. The summed E-state index contributed by atoms with van der Waals surface area (Å²) in [6, 6.07) is -0.495. The van der Waals surface area contributed by atoms with Crippen LogP contribution in [0.5, 0.6) is 0 Å². The first-order valence-electron chi connectivity index (χ1n) is 6.57. The molecule has 0 bridgehead atoms. The van der Waals surface area contributed by atoms with E-state index in [4.69, 9.17) is 9.47 Å². The molecule has 1 atom stereocenters. The molecule has 1 saturated heterocycles. The van der Waals surface area contributed by atoms with Crippen LogP contribution in [0.1, 0.15) is 40.0 Å². The van der Waals surface area contributed by atoms with Gasteiger partial charge in [-0.05, 0) is 40.0 Å². The van der Waals surface area contributed by atoms with Crippen LogP contribution in [0.4, 0.5) is 4.79 Å². The first-order valence-corrected chi connectivity index (χ1v) is 7.69. The van der Waals surface area contributed by atoms with Gasteiger partial charge in [-0.25, -0.2) is 9.59 Å². The lowest BCUT2D eigenvalue weighted by Crippen LogP contribution is -2.44. The number of carbonyl (C=O) groups excluding carboxylic acids is 2. The van der Waals surface area contributed by atoms with Crippen LogP contribution >= 0.6 is 15.9 Å². The van der Waals surface area contributed by atoms with Crippen molar-refractivity contribution in [3.05, 3.63) is 0 Å². The van der Waals surface area contributed by atoms with E-state index in [0.717, 1.165) is 18.2 Å². The molecular formula is C13H22BrNO4. The molecule has 1 rings (SSSR count). The minimum Gasteiger partial charge on any atom is -0.464 e. The van der Waals surface area contributed by atoms with Crippen LogP contribution in [0, 0.1) is 0 Å². The number of ether oxygens (including phenoxy) is 2. The highest BCUT2D eigenvalue weighted by atomic mass is 79.9. The van der Waals surface area contributed by atoms with E-state index in [1.54, 1.807) is 0 Å². The molecule has 1 fully saturated rings. The molecule has 0 aromatic carbocycles. The van der Waals surface area contributed by atoms with Crippen LogP contribution in [0.25, 0.3) is 0 Å². The molecule has 6 heteroatoms.